The Kier molecular flexibility index (Phi) is 7.35. The molecule has 1 unspecified atom stereocenters. The average molecular weight is 371 g/mol. The summed E-state index contributed by atoms with van der Waals surface area (Å²) in [4.78, 5) is 7.28. The maximum atomic E-state index is 5.73. The van der Waals surface area contributed by atoms with Crippen LogP contribution in [0, 0.1) is 5.92 Å². The lowest BCUT2D eigenvalue weighted by atomic mass is 9.90. The predicted molar refractivity (Wildman–Crippen MR) is 108 cm³/mol. The molecule has 0 amide bonds. The summed E-state index contributed by atoms with van der Waals surface area (Å²) in [5.41, 5.74) is 9.43. The van der Waals surface area contributed by atoms with E-state index in [9.17, 15) is 0 Å². The molecule has 2 heterocycles. The van der Waals surface area contributed by atoms with E-state index in [0.29, 0.717) is 12.0 Å². The number of pyridine rings is 1. The summed E-state index contributed by atoms with van der Waals surface area (Å²) in [7, 11) is 0. The second-order valence-corrected chi connectivity index (χ2v) is 8.08. The fourth-order valence-corrected chi connectivity index (χ4v) is 3.86. The van der Waals surface area contributed by atoms with Gasteiger partial charge in [0.15, 0.2) is 0 Å². The number of unbranched alkanes of at least 4 members (excludes halogenated alkanes) is 1. The highest BCUT2D eigenvalue weighted by Crippen LogP contribution is 2.33. The topological polar surface area (TPSA) is 72.9 Å². The zero-order chi connectivity index (χ0) is 19.1. The van der Waals surface area contributed by atoms with Gasteiger partial charge >= 0.3 is 0 Å². The third-order valence-corrected chi connectivity index (χ3v) is 5.39. The molecule has 0 saturated heterocycles. The first-order valence-corrected chi connectivity index (χ1v) is 10.4. The molecule has 0 spiro atoms. The third-order valence-electron chi connectivity index (χ3n) is 5.39. The molecule has 0 aromatic carbocycles. The highest BCUT2D eigenvalue weighted by molar-refractivity contribution is 5.25. The first-order chi connectivity index (χ1) is 13.2. The van der Waals surface area contributed by atoms with Gasteiger partial charge < -0.3 is 5.73 Å². The van der Waals surface area contributed by atoms with Crippen LogP contribution in [0.1, 0.15) is 68.9 Å². The van der Waals surface area contributed by atoms with Crippen molar-refractivity contribution in [3.8, 4) is 0 Å². The van der Waals surface area contributed by atoms with Crippen LogP contribution < -0.4 is 5.73 Å². The van der Waals surface area contributed by atoms with Gasteiger partial charge in [0, 0.05) is 25.5 Å². The van der Waals surface area contributed by atoms with Crippen LogP contribution in [-0.4, -0.2) is 38.0 Å². The highest BCUT2D eigenvalue weighted by Gasteiger charge is 2.27. The van der Waals surface area contributed by atoms with Crippen molar-refractivity contribution in [3.63, 3.8) is 0 Å². The molecule has 0 saturated carbocycles. The smallest absolute Gasteiger partial charge is 0.0967 e. The summed E-state index contributed by atoms with van der Waals surface area (Å²) in [6.45, 7) is 8.02. The van der Waals surface area contributed by atoms with E-state index >= 15 is 0 Å². The van der Waals surface area contributed by atoms with Crippen LogP contribution in [-0.2, 0) is 19.5 Å². The number of hydrogen-bond acceptors (Lipinski definition) is 5. The van der Waals surface area contributed by atoms with Crippen molar-refractivity contribution in [2.24, 2.45) is 11.7 Å². The Morgan fingerprint density at radius 1 is 1.33 bits per heavy atom. The first kappa shape index (κ1) is 20.0. The van der Waals surface area contributed by atoms with Gasteiger partial charge in [-0.3, -0.25) is 14.6 Å². The molecule has 148 valence electrons. The minimum absolute atomic E-state index is 0.369. The lowest BCUT2D eigenvalue weighted by Crippen LogP contribution is -2.33. The van der Waals surface area contributed by atoms with Gasteiger partial charge in [0.25, 0.3) is 0 Å². The van der Waals surface area contributed by atoms with E-state index in [1.807, 2.05) is 10.9 Å². The highest BCUT2D eigenvalue weighted by atomic mass is 15.4. The van der Waals surface area contributed by atoms with Crippen LogP contribution in [0.15, 0.2) is 24.5 Å². The summed E-state index contributed by atoms with van der Waals surface area (Å²) in [6.07, 6.45) is 10.9. The summed E-state index contributed by atoms with van der Waals surface area (Å²) in [6, 6.07) is 4.66. The summed E-state index contributed by atoms with van der Waals surface area (Å²) in [5.74, 6) is 0.676. The molecule has 1 aliphatic rings. The van der Waals surface area contributed by atoms with Crippen LogP contribution in [0.2, 0.25) is 0 Å². The minimum atomic E-state index is 0.369. The summed E-state index contributed by atoms with van der Waals surface area (Å²) < 4.78 is 1.99. The van der Waals surface area contributed by atoms with Crippen molar-refractivity contribution in [1.29, 1.82) is 0 Å². The Balaban J connectivity index is 1.72. The zero-order valence-corrected chi connectivity index (χ0v) is 16.8. The van der Waals surface area contributed by atoms with E-state index in [1.54, 1.807) is 0 Å². The third kappa shape index (κ3) is 5.59. The number of hydrogen-bond donors (Lipinski definition) is 1. The van der Waals surface area contributed by atoms with Crippen molar-refractivity contribution in [2.45, 2.75) is 71.5 Å². The van der Waals surface area contributed by atoms with E-state index in [2.05, 4.69) is 47.4 Å². The molecule has 1 aliphatic carbocycles. The first-order valence-electron chi connectivity index (χ1n) is 10.4. The Morgan fingerprint density at radius 2 is 2.22 bits per heavy atom. The molecule has 2 N–H and O–H groups in total. The van der Waals surface area contributed by atoms with Gasteiger partial charge in [-0.05, 0) is 69.2 Å². The van der Waals surface area contributed by atoms with E-state index < -0.39 is 0 Å². The minimum Gasteiger partial charge on any atom is -0.330 e. The molecular formula is C21H34N6. The van der Waals surface area contributed by atoms with Crippen LogP contribution >= 0.6 is 0 Å². The van der Waals surface area contributed by atoms with Gasteiger partial charge in [-0.2, -0.15) is 0 Å². The van der Waals surface area contributed by atoms with Crippen molar-refractivity contribution in [2.75, 3.05) is 13.1 Å². The van der Waals surface area contributed by atoms with Crippen LogP contribution in [0.4, 0.5) is 0 Å². The second kappa shape index (κ2) is 9.95. The van der Waals surface area contributed by atoms with Crippen molar-refractivity contribution in [1.82, 2.24) is 24.9 Å². The van der Waals surface area contributed by atoms with Crippen molar-refractivity contribution < 1.29 is 0 Å². The Labute approximate surface area is 163 Å². The number of fused-ring (bicyclic) bond motifs is 1. The van der Waals surface area contributed by atoms with Crippen LogP contribution in [0.25, 0.3) is 0 Å². The molecule has 0 aliphatic heterocycles. The standard InChI is InChI=1S/C21H34N6/c1-17(2)10-14-27-16-19(24-25-27)15-26(13-4-3-11-22)20-9-5-7-18-8-6-12-23-21(18)20/h6,8,12,16-17,20H,3-5,7,9-11,13-15,22H2,1-2H3. The fraction of sp³-hybridized carbons (Fsp3) is 0.667. The predicted octanol–water partition coefficient (Wildman–Crippen LogP) is 3.34. The SMILES string of the molecule is CC(C)CCn1cc(CN(CCCCN)C2CCCc3cccnc32)nn1. The second-order valence-electron chi connectivity index (χ2n) is 8.08. The Hall–Kier alpha value is -1.79. The fourth-order valence-electron chi connectivity index (χ4n) is 3.86. The number of aryl methyl sites for hydroxylation is 2. The molecule has 27 heavy (non-hydrogen) atoms. The van der Waals surface area contributed by atoms with Crippen LogP contribution in [0.5, 0.6) is 0 Å². The molecule has 0 fully saturated rings. The molecule has 0 radical (unpaired) electrons. The van der Waals surface area contributed by atoms with E-state index in [4.69, 9.17) is 10.7 Å². The normalized spacial score (nSPS) is 16.9. The quantitative estimate of drug-likeness (QED) is 0.649. The lowest BCUT2D eigenvalue weighted by Gasteiger charge is -2.34. The number of nitrogens with two attached hydrogens (primary N) is 1. The van der Waals surface area contributed by atoms with E-state index in [1.165, 1.54) is 17.7 Å². The zero-order valence-electron chi connectivity index (χ0n) is 16.8. The molecule has 1 atom stereocenters. The van der Waals surface area contributed by atoms with Gasteiger partial charge in [-0.15, -0.1) is 5.10 Å². The average Bonchev–Trinajstić information content (AvgIpc) is 3.13. The molecule has 0 bridgehead atoms. The van der Waals surface area contributed by atoms with E-state index in [0.717, 1.165) is 64.0 Å². The molecule has 3 rings (SSSR count). The van der Waals surface area contributed by atoms with Gasteiger partial charge in [0.1, 0.15) is 0 Å². The van der Waals surface area contributed by atoms with Crippen LogP contribution in [0.3, 0.4) is 0 Å². The van der Waals surface area contributed by atoms with Gasteiger partial charge in [-0.25, -0.2) is 0 Å². The summed E-state index contributed by atoms with van der Waals surface area (Å²) >= 11 is 0. The maximum absolute atomic E-state index is 5.73. The largest absolute Gasteiger partial charge is 0.330 e. The molecule has 2 aromatic rings. The van der Waals surface area contributed by atoms with Gasteiger partial charge in [0.2, 0.25) is 0 Å². The monoisotopic (exact) mass is 370 g/mol. The van der Waals surface area contributed by atoms with Crippen molar-refractivity contribution >= 4 is 0 Å². The number of rotatable bonds is 10. The summed E-state index contributed by atoms with van der Waals surface area (Å²) in [5, 5.41) is 8.77. The number of aromatic nitrogens is 4. The van der Waals surface area contributed by atoms with E-state index in [-0.39, 0.29) is 0 Å². The molecular weight excluding hydrogens is 336 g/mol. The van der Waals surface area contributed by atoms with Gasteiger partial charge in [0.05, 0.1) is 17.4 Å². The number of nitrogens with zero attached hydrogens (tertiary/aromatic N) is 5. The molecule has 6 nitrogen and oxygen atoms in total. The lowest BCUT2D eigenvalue weighted by molar-refractivity contribution is 0.161. The van der Waals surface area contributed by atoms with Gasteiger partial charge in [-0.1, -0.05) is 25.1 Å². The Morgan fingerprint density at radius 3 is 3.04 bits per heavy atom. The Bertz CT molecular complexity index is 695. The molecule has 6 heteroatoms. The molecule has 2 aromatic heterocycles. The maximum Gasteiger partial charge on any atom is 0.0967 e. The van der Waals surface area contributed by atoms with Crippen molar-refractivity contribution in [3.05, 3.63) is 41.5 Å².